The van der Waals surface area contributed by atoms with Crippen LogP contribution in [-0.2, 0) is 4.74 Å². The second-order valence-electron chi connectivity index (χ2n) is 1.36. The van der Waals surface area contributed by atoms with Crippen LogP contribution >= 0.6 is 11.3 Å². The molecular weight excluding hydrogens is 136 g/mol. The Morgan fingerprint density at radius 3 is 2.22 bits per heavy atom. The molecule has 0 amide bonds. The van der Waals surface area contributed by atoms with E-state index < -0.39 is 0 Å². The molecule has 0 spiro atoms. The summed E-state index contributed by atoms with van der Waals surface area (Å²) in [5, 5.41) is 10.7. The number of thiophene rings is 1. The fraction of sp³-hybridized carbons (Fsp3) is 0.333. The summed E-state index contributed by atoms with van der Waals surface area (Å²) in [4.78, 5) is 0. The Bertz CT molecular complexity index is 126. The minimum absolute atomic E-state index is 0.384. The first-order chi connectivity index (χ1) is 4.31. The standard InChI is InChI=1S/C4H4OS.C2H6O/c5-4-2-1-3-6-4;1-3-2/h1-3,5H;1-2H3. The molecule has 0 aliphatic carbocycles. The third kappa shape index (κ3) is 5.33. The molecule has 9 heavy (non-hydrogen) atoms. The van der Waals surface area contributed by atoms with Crippen LogP contribution in [0.1, 0.15) is 0 Å². The highest BCUT2D eigenvalue weighted by Crippen LogP contribution is 2.14. The topological polar surface area (TPSA) is 29.5 Å². The van der Waals surface area contributed by atoms with Crippen molar-refractivity contribution < 1.29 is 9.84 Å². The van der Waals surface area contributed by atoms with Gasteiger partial charge < -0.3 is 9.84 Å². The number of methoxy groups -OCH3 is 1. The lowest BCUT2D eigenvalue weighted by molar-refractivity contribution is 0.277. The highest BCUT2D eigenvalue weighted by Gasteiger charge is 1.77. The lowest BCUT2D eigenvalue weighted by atomic mass is 10.7. The molecule has 3 heteroatoms. The van der Waals surface area contributed by atoms with Gasteiger partial charge in [-0.05, 0) is 17.5 Å². The van der Waals surface area contributed by atoms with Crippen molar-refractivity contribution in [3.05, 3.63) is 17.5 Å². The third-order valence-electron chi connectivity index (χ3n) is 0.506. The van der Waals surface area contributed by atoms with Gasteiger partial charge in [0.25, 0.3) is 0 Å². The van der Waals surface area contributed by atoms with Crippen molar-refractivity contribution in [1.29, 1.82) is 0 Å². The minimum Gasteiger partial charge on any atom is -0.499 e. The van der Waals surface area contributed by atoms with Crippen LogP contribution < -0.4 is 0 Å². The van der Waals surface area contributed by atoms with Crippen molar-refractivity contribution in [1.82, 2.24) is 0 Å². The van der Waals surface area contributed by atoms with Crippen LogP contribution in [0.2, 0.25) is 0 Å². The van der Waals surface area contributed by atoms with E-state index in [-0.39, 0.29) is 0 Å². The summed E-state index contributed by atoms with van der Waals surface area (Å²) in [6.45, 7) is 0. The zero-order chi connectivity index (χ0) is 7.11. The summed E-state index contributed by atoms with van der Waals surface area (Å²) in [5.41, 5.74) is 0. The van der Waals surface area contributed by atoms with Crippen LogP contribution in [0.4, 0.5) is 0 Å². The maximum Gasteiger partial charge on any atom is 0.171 e. The molecule has 0 unspecified atom stereocenters. The van der Waals surface area contributed by atoms with Crippen LogP contribution in [0, 0.1) is 0 Å². The van der Waals surface area contributed by atoms with Gasteiger partial charge in [0.2, 0.25) is 0 Å². The lowest BCUT2D eigenvalue weighted by Crippen LogP contribution is -1.55. The van der Waals surface area contributed by atoms with Gasteiger partial charge in [-0.25, -0.2) is 0 Å². The Kier molecular flexibility index (Phi) is 5.26. The molecule has 1 rings (SSSR count). The summed E-state index contributed by atoms with van der Waals surface area (Å²) >= 11 is 1.33. The zero-order valence-corrected chi connectivity index (χ0v) is 6.31. The van der Waals surface area contributed by atoms with Gasteiger partial charge in [-0.2, -0.15) is 0 Å². The molecule has 1 N–H and O–H groups in total. The Labute approximate surface area is 58.7 Å². The second-order valence-corrected chi connectivity index (χ2v) is 2.29. The van der Waals surface area contributed by atoms with Crippen LogP contribution in [0.3, 0.4) is 0 Å². The molecule has 0 bridgehead atoms. The number of rotatable bonds is 0. The van der Waals surface area contributed by atoms with Crippen molar-refractivity contribution in [2.24, 2.45) is 0 Å². The SMILES string of the molecule is COC.Oc1cccs1. The smallest absolute Gasteiger partial charge is 0.171 e. The first-order valence-electron chi connectivity index (χ1n) is 2.44. The van der Waals surface area contributed by atoms with E-state index in [4.69, 9.17) is 5.11 Å². The molecule has 0 fully saturated rings. The molecule has 0 aliphatic rings. The maximum atomic E-state index is 8.49. The maximum absolute atomic E-state index is 8.49. The van der Waals surface area contributed by atoms with E-state index >= 15 is 0 Å². The molecule has 0 saturated heterocycles. The average molecular weight is 146 g/mol. The van der Waals surface area contributed by atoms with E-state index in [1.165, 1.54) is 11.3 Å². The van der Waals surface area contributed by atoms with Crippen molar-refractivity contribution >= 4 is 11.3 Å². The molecule has 0 aromatic carbocycles. The fourth-order valence-electron chi connectivity index (χ4n) is 0.270. The second kappa shape index (κ2) is 5.59. The van der Waals surface area contributed by atoms with Crippen LogP contribution in [0.25, 0.3) is 0 Å². The number of aromatic hydroxyl groups is 1. The van der Waals surface area contributed by atoms with Gasteiger partial charge in [0, 0.05) is 14.2 Å². The molecule has 0 saturated carbocycles. The normalized spacial score (nSPS) is 7.78. The lowest BCUT2D eigenvalue weighted by Gasteiger charge is -1.67. The van der Waals surface area contributed by atoms with E-state index in [0.29, 0.717) is 5.06 Å². The van der Waals surface area contributed by atoms with Crippen molar-refractivity contribution in [3.8, 4) is 5.06 Å². The van der Waals surface area contributed by atoms with Crippen LogP contribution in [-0.4, -0.2) is 19.3 Å². The molecule has 1 heterocycles. The van der Waals surface area contributed by atoms with E-state index in [0.717, 1.165) is 0 Å². The predicted molar refractivity (Wildman–Crippen MR) is 38.9 cm³/mol. The number of hydrogen-bond acceptors (Lipinski definition) is 3. The summed E-state index contributed by atoms with van der Waals surface area (Å²) in [5.74, 6) is 0. The Morgan fingerprint density at radius 1 is 1.56 bits per heavy atom. The van der Waals surface area contributed by atoms with Crippen LogP contribution in [0.5, 0.6) is 5.06 Å². The van der Waals surface area contributed by atoms with Gasteiger partial charge in [-0.3, -0.25) is 0 Å². The minimum atomic E-state index is 0.384. The molecule has 1 aromatic heterocycles. The van der Waals surface area contributed by atoms with Gasteiger partial charge in [0.1, 0.15) is 0 Å². The molecular formula is C6H10O2S. The van der Waals surface area contributed by atoms with E-state index in [1.807, 2.05) is 5.38 Å². The number of hydrogen-bond donors (Lipinski definition) is 1. The monoisotopic (exact) mass is 146 g/mol. The predicted octanol–water partition coefficient (Wildman–Crippen LogP) is 1.72. The van der Waals surface area contributed by atoms with Crippen molar-refractivity contribution in [2.45, 2.75) is 0 Å². The van der Waals surface area contributed by atoms with Crippen molar-refractivity contribution in [2.75, 3.05) is 14.2 Å². The molecule has 1 aromatic rings. The van der Waals surface area contributed by atoms with Crippen LogP contribution in [0.15, 0.2) is 17.5 Å². The summed E-state index contributed by atoms with van der Waals surface area (Å²) in [6.07, 6.45) is 0. The third-order valence-corrected chi connectivity index (χ3v) is 1.18. The average Bonchev–Trinajstić information content (AvgIpc) is 2.20. The summed E-state index contributed by atoms with van der Waals surface area (Å²) < 4.78 is 4.25. The van der Waals surface area contributed by atoms with E-state index in [1.54, 1.807) is 26.4 Å². The molecule has 2 nitrogen and oxygen atoms in total. The quantitative estimate of drug-likeness (QED) is 0.603. The fourth-order valence-corrected chi connectivity index (χ4v) is 0.724. The largest absolute Gasteiger partial charge is 0.499 e. The number of ether oxygens (including phenoxy) is 1. The molecule has 52 valence electrons. The van der Waals surface area contributed by atoms with Gasteiger partial charge >= 0.3 is 0 Å². The van der Waals surface area contributed by atoms with E-state index in [2.05, 4.69) is 4.74 Å². The van der Waals surface area contributed by atoms with Crippen molar-refractivity contribution in [3.63, 3.8) is 0 Å². The van der Waals surface area contributed by atoms with Gasteiger partial charge in [0.05, 0.1) is 0 Å². The molecule has 0 atom stereocenters. The summed E-state index contributed by atoms with van der Waals surface area (Å²) in [6, 6.07) is 3.46. The van der Waals surface area contributed by atoms with Gasteiger partial charge in [0.15, 0.2) is 5.06 Å². The van der Waals surface area contributed by atoms with E-state index in [9.17, 15) is 0 Å². The Morgan fingerprint density at radius 2 is 2.11 bits per heavy atom. The Hall–Kier alpha value is -0.540. The highest BCUT2D eigenvalue weighted by molar-refractivity contribution is 7.11. The molecule has 0 aliphatic heterocycles. The highest BCUT2D eigenvalue weighted by atomic mass is 32.1. The first-order valence-corrected chi connectivity index (χ1v) is 3.31. The molecule has 0 radical (unpaired) electrons. The summed E-state index contributed by atoms with van der Waals surface area (Å²) in [7, 11) is 3.25. The van der Waals surface area contributed by atoms with Gasteiger partial charge in [-0.15, -0.1) is 11.3 Å². The van der Waals surface area contributed by atoms with Gasteiger partial charge in [-0.1, -0.05) is 0 Å². The first kappa shape index (κ1) is 8.46. The zero-order valence-electron chi connectivity index (χ0n) is 5.50. The Balaban J connectivity index is 0.000000187.